The van der Waals surface area contributed by atoms with E-state index in [0.717, 1.165) is 37.1 Å². The molecule has 6 heteroatoms. The number of rotatable bonds is 4. The van der Waals surface area contributed by atoms with Gasteiger partial charge in [0.05, 0.1) is 5.69 Å². The number of nitrogens with two attached hydrogens (primary N) is 1. The second-order valence-electron chi connectivity index (χ2n) is 5.41. The van der Waals surface area contributed by atoms with E-state index in [2.05, 4.69) is 0 Å². The predicted molar refractivity (Wildman–Crippen MR) is 76.6 cm³/mol. The maximum absolute atomic E-state index is 14.0. The van der Waals surface area contributed by atoms with Gasteiger partial charge in [-0.2, -0.15) is 0 Å². The van der Waals surface area contributed by atoms with Crippen LogP contribution in [0.2, 0.25) is 0 Å². The molecule has 21 heavy (non-hydrogen) atoms. The molecule has 0 bridgehead atoms. The second-order valence-corrected chi connectivity index (χ2v) is 5.41. The molecule has 4 nitrogen and oxygen atoms in total. The van der Waals surface area contributed by atoms with Gasteiger partial charge >= 0.3 is 0 Å². The maximum atomic E-state index is 14.0. The summed E-state index contributed by atoms with van der Waals surface area (Å²) >= 11 is 0. The minimum absolute atomic E-state index is 0.0356. The molecule has 0 aliphatic heterocycles. The third-order valence-electron chi connectivity index (χ3n) is 3.76. The number of aromatic nitrogens is 2. The lowest BCUT2D eigenvalue weighted by atomic mass is 10.2. The van der Waals surface area contributed by atoms with Crippen molar-refractivity contribution in [3.63, 3.8) is 0 Å². The van der Waals surface area contributed by atoms with E-state index in [1.807, 2.05) is 6.92 Å². The van der Waals surface area contributed by atoms with Gasteiger partial charge in [0.1, 0.15) is 17.2 Å². The Labute approximate surface area is 120 Å². The molecule has 0 amide bonds. The number of nitrogens with zero attached hydrogens (tertiary/aromatic N) is 2. The van der Waals surface area contributed by atoms with Crippen molar-refractivity contribution in [1.82, 2.24) is 9.36 Å². The van der Waals surface area contributed by atoms with E-state index < -0.39 is 17.2 Å². The molecule has 1 aromatic heterocycles. The zero-order chi connectivity index (χ0) is 15.1. The molecule has 0 radical (unpaired) electrons. The van der Waals surface area contributed by atoms with E-state index in [1.54, 1.807) is 4.68 Å². The van der Waals surface area contributed by atoms with Crippen LogP contribution in [0.3, 0.4) is 0 Å². The molecule has 1 aliphatic carbocycles. The van der Waals surface area contributed by atoms with Gasteiger partial charge in [-0.05, 0) is 31.4 Å². The first-order valence-electron chi connectivity index (χ1n) is 7.11. The maximum Gasteiger partial charge on any atom is 0.294 e. The Morgan fingerprint density at radius 3 is 2.62 bits per heavy atom. The Morgan fingerprint density at radius 2 is 2.05 bits per heavy atom. The van der Waals surface area contributed by atoms with E-state index in [9.17, 15) is 13.6 Å². The van der Waals surface area contributed by atoms with Crippen molar-refractivity contribution in [2.75, 3.05) is 5.73 Å². The van der Waals surface area contributed by atoms with E-state index >= 15 is 0 Å². The van der Waals surface area contributed by atoms with E-state index in [-0.39, 0.29) is 17.3 Å². The van der Waals surface area contributed by atoms with Crippen molar-refractivity contribution in [2.45, 2.75) is 38.6 Å². The van der Waals surface area contributed by atoms with Crippen molar-refractivity contribution >= 4 is 5.69 Å². The molecule has 1 aliphatic rings. The second kappa shape index (κ2) is 5.02. The molecule has 3 rings (SSSR count). The van der Waals surface area contributed by atoms with Gasteiger partial charge in [-0.3, -0.25) is 9.48 Å². The number of nitrogen functional groups attached to an aromatic ring is 1. The van der Waals surface area contributed by atoms with Crippen LogP contribution in [0.5, 0.6) is 0 Å². The fourth-order valence-electron chi connectivity index (χ4n) is 2.69. The van der Waals surface area contributed by atoms with Gasteiger partial charge in [0.15, 0.2) is 5.82 Å². The smallest absolute Gasteiger partial charge is 0.294 e. The third kappa shape index (κ3) is 2.24. The molecule has 2 N–H and O–H groups in total. The van der Waals surface area contributed by atoms with Crippen LogP contribution in [0.1, 0.15) is 37.8 Å². The minimum Gasteiger partial charge on any atom is -0.393 e. The Bertz CT molecular complexity index is 744. The van der Waals surface area contributed by atoms with Crippen molar-refractivity contribution in [2.24, 2.45) is 0 Å². The molecule has 1 saturated carbocycles. The van der Waals surface area contributed by atoms with Crippen LogP contribution in [-0.2, 0) is 6.54 Å². The summed E-state index contributed by atoms with van der Waals surface area (Å²) in [4.78, 5) is 12.4. The average molecular weight is 293 g/mol. The lowest BCUT2D eigenvalue weighted by Gasteiger charge is -2.14. The van der Waals surface area contributed by atoms with Crippen molar-refractivity contribution in [3.8, 4) is 5.69 Å². The van der Waals surface area contributed by atoms with Crippen molar-refractivity contribution in [1.29, 1.82) is 0 Å². The first-order valence-corrected chi connectivity index (χ1v) is 7.11. The van der Waals surface area contributed by atoms with Gasteiger partial charge < -0.3 is 5.73 Å². The number of anilines is 1. The highest BCUT2D eigenvalue weighted by molar-refractivity contribution is 5.49. The summed E-state index contributed by atoms with van der Waals surface area (Å²) in [5.74, 6) is -1.17. The summed E-state index contributed by atoms with van der Waals surface area (Å²) in [6, 6.07) is 3.19. The molecule has 0 unspecified atom stereocenters. The van der Waals surface area contributed by atoms with Gasteiger partial charge in [-0.25, -0.2) is 13.5 Å². The third-order valence-corrected chi connectivity index (χ3v) is 3.76. The van der Waals surface area contributed by atoms with Gasteiger partial charge in [0.25, 0.3) is 5.56 Å². The Hall–Kier alpha value is -2.11. The summed E-state index contributed by atoms with van der Waals surface area (Å²) in [5, 5.41) is 0. The number of hydrogen-bond donors (Lipinski definition) is 1. The fraction of sp³-hybridized carbons (Fsp3) is 0.400. The van der Waals surface area contributed by atoms with Crippen LogP contribution in [0.4, 0.5) is 14.5 Å². The molecule has 0 spiro atoms. The topological polar surface area (TPSA) is 52.9 Å². The summed E-state index contributed by atoms with van der Waals surface area (Å²) in [7, 11) is 0. The predicted octanol–water partition coefficient (Wildman–Crippen LogP) is 2.79. The molecule has 0 saturated heterocycles. The van der Waals surface area contributed by atoms with Gasteiger partial charge in [0.2, 0.25) is 0 Å². The minimum atomic E-state index is -0.769. The molecule has 2 aromatic rings. The zero-order valence-electron chi connectivity index (χ0n) is 11.8. The largest absolute Gasteiger partial charge is 0.393 e. The number of halogens is 2. The molecular weight excluding hydrogens is 276 g/mol. The van der Waals surface area contributed by atoms with Gasteiger partial charge in [-0.1, -0.05) is 6.92 Å². The Morgan fingerprint density at radius 1 is 1.33 bits per heavy atom. The molecule has 1 aromatic carbocycles. The number of benzene rings is 1. The van der Waals surface area contributed by atoms with Crippen LogP contribution in [-0.4, -0.2) is 9.36 Å². The fourth-order valence-corrected chi connectivity index (χ4v) is 2.69. The SMILES string of the molecule is CCCn1c(C2CC2)c(N)c(=O)n1-c1ccc(F)cc1F. The normalized spacial score (nSPS) is 14.6. The monoisotopic (exact) mass is 293 g/mol. The quantitative estimate of drug-likeness (QED) is 0.942. The van der Waals surface area contributed by atoms with Crippen LogP contribution < -0.4 is 11.3 Å². The van der Waals surface area contributed by atoms with Crippen LogP contribution in [0.15, 0.2) is 23.0 Å². The standard InChI is InChI=1S/C15H17F2N3O/c1-2-7-19-14(9-3-4-9)13(18)15(21)20(19)12-6-5-10(16)8-11(12)17/h5-6,8-9H,2-4,7,18H2,1H3. The lowest BCUT2D eigenvalue weighted by molar-refractivity contribution is 0.495. The van der Waals surface area contributed by atoms with Crippen molar-refractivity contribution in [3.05, 3.63) is 45.9 Å². The van der Waals surface area contributed by atoms with Crippen LogP contribution in [0.25, 0.3) is 5.69 Å². The van der Waals surface area contributed by atoms with E-state index in [4.69, 9.17) is 5.73 Å². The van der Waals surface area contributed by atoms with Gasteiger partial charge in [-0.15, -0.1) is 0 Å². The van der Waals surface area contributed by atoms with Crippen LogP contribution in [0, 0.1) is 11.6 Å². The Balaban J connectivity index is 2.26. The molecule has 0 atom stereocenters. The molecule has 112 valence electrons. The highest BCUT2D eigenvalue weighted by Gasteiger charge is 2.33. The van der Waals surface area contributed by atoms with Crippen molar-refractivity contribution < 1.29 is 8.78 Å². The van der Waals surface area contributed by atoms with E-state index in [1.165, 1.54) is 10.7 Å². The lowest BCUT2D eigenvalue weighted by Crippen LogP contribution is -2.23. The zero-order valence-corrected chi connectivity index (χ0v) is 11.8. The molecule has 1 heterocycles. The highest BCUT2D eigenvalue weighted by Crippen LogP contribution is 2.42. The summed E-state index contributed by atoms with van der Waals surface area (Å²) in [5.41, 5.74) is 6.50. The number of hydrogen-bond acceptors (Lipinski definition) is 2. The Kier molecular flexibility index (Phi) is 3.31. The average Bonchev–Trinajstić information content (AvgIpc) is 3.22. The van der Waals surface area contributed by atoms with Crippen LogP contribution >= 0.6 is 0 Å². The molecular formula is C15H17F2N3O. The summed E-state index contributed by atoms with van der Waals surface area (Å²) < 4.78 is 30.1. The van der Waals surface area contributed by atoms with Gasteiger partial charge in [0, 0.05) is 18.5 Å². The summed E-state index contributed by atoms with van der Waals surface area (Å²) in [6.07, 6.45) is 2.77. The first-order chi connectivity index (χ1) is 10.0. The van der Waals surface area contributed by atoms with E-state index in [0.29, 0.717) is 6.54 Å². The summed E-state index contributed by atoms with van der Waals surface area (Å²) in [6.45, 7) is 2.54. The highest BCUT2D eigenvalue weighted by atomic mass is 19.1. The molecule has 1 fully saturated rings. The first kappa shape index (κ1) is 13.9.